The van der Waals surface area contributed by atoms with E-state index in [1.54, 1.807) is 12.1 Å². The van der Waals surface area contributed by atoms with Crippen molar-refractivity contribution in [2.75, 3.05) is 0 Å². The van der Waals surface area contributed by atoms with E-state index in [1.165, 1.54) is 0 Å². The highest BCUT2D eigenvalue weighted by Crippen LogP contribution is 2.21. The predicted molar refractivity (Wildman–Crippen MR) is 46.4 cm³/mol. The highest BCUT2D eigenvalue weighted by Gasteiger charge is 1.94. The minimum Gasteiger partial charge on any atom is -0.191 e. The number of rotatable bonds is 1. The summed E-state index contributed by atoms with van der Waals surface area (Å²) in [6.45, 7) is 1.90. The maximum absolute atomic E-state index is 10.0. The van der Waals surface area contributed by atoms with Gasteiger partial charge in [-0.3, -0.25) is 0 Å². The number of hydrogen-bond acceptors (Lipinski definition) is 2. The summed E-state index contributed by atoms with van der Waals surface area (Å²) in [5, 5.41) is 0.639. The maximum atomic E-state index is 10.0. The molecule has 11 heavy (non-hydrogen) atoms. The standard InChI is InChI=1S/C7H6ClNOS/c1-5-2-3-6(9-11-10)4-7(5)8/h2-4H,1H3. The van der Waals surface area contributed by atoms with Crippen LogP contribution in [0.1, 0.15) is 5.56 Å². The summed E-state index contributed by atoms with van der Waals surface area (Å²) in [5.41, 5.74) is 1.60. The smallest absolute Gasteiger partial charge is 0.191 e. The van der Waals surface area contributed by atoms with Crippen molar-refractivity contribution < 1.29 is 4.21 Å². The van der Waals surface area contributed by atoms with Gasteiger partial charge >= 0.3 is 0 Å². The monoisotopic (exact) mass is 187 g/mol. The Morgan fingerprint density at radius 2 is 2.27 bits per heavy atom. The number of aryl methyl sites for hydroxylation is 1. The van der Waals surface area contributed by atoms with Crippen molar-refractivity contribution in [1.82, 2.24) is 0 Å². The fourth-order valence-corrected chi connectivity index (χ4v) is 1.06. The van der Waals surface area contributed by atoms with Crippen LogP contribution in [0.3, 0.4) is 0 Å². The van der Waals surface area contributed by atoms with Crippen molar-refractivity contribution in [1.29, 1.82) is 0 Å². The van der Waals surface area contributed by atoms with Crippen LogP contribution in [0.2, 0.25) is 5.02 Å². The Kier molecular flexibility index (Phi) is 2.79. The fraction of sp³-hybridized carbons (Fsp3) is 0.143. The van der Waals surface area contributed by atoms with Gasteiger partial charge in [-0.15, -0.1) is 0 Å². The summed E-state index contributed by atoms with van der Waals surface area (Å²) in [7, 11) is 0. The van der Waals surface area contributed by atoms with Crippen LogP contribution in [0.5, 0.6) is 0 Å². The lowest BCUT2D eigenvalue weighted by molar-refractivity contribution is 0.698. The minimum atomic E-state index is 0.186. The van der Waals surface area contributed by atoms with Gasteiger partial charge in [0, 0.05) is 5.02 Å². The Labute approximate surface area is 73.4 Å². The van der Waals surface area contributed by atoms with Gasteiger partial charge < -0.3 is 0 Å². The van der Waals surface area contributed by atoms with Gasteiger partial charge in [-0.2, -0.15) is 8.57 Å². The largest absolute Gasteiger partial charge is 0.205 e. The van der Waals surface area contributed by atoms with Crippen LogP contribution in [0.25, 0.3) is 0 Å². The second-order valence-electron chi connectivity index (χ2n) is 2.10. The molecule has 2 nitrogen and oxygen atoms in total. The van der Waals surface area contributed by atoms with Crippen molar-refractivity contribution in [2.24, 2.45) is 4.36 Å². The molecule has 0 atom stereocenters. The zero-order valence-corrected chi connectivity index (χ0v) is 7.45. The summed E-state index contributed by atoms with van der Waals surface area (Å²) in [5.74, 6) is 0. The quantitative estimate of drug-likeness (QED) is 0.665. The molecule has 1 aromatic rings. The topological polar surface area (TPSA) is 29.4 Å². The molecule has 0 fully saturated rings. The summed E-state index contributed by atoms with van der Waals surface area (Å²) < 4.78 is 13.6. The SMILES string of the molecule is Cc1ccc(N=S=O)cc1Cl. The van der Waals surface area contributed by atoms with Crippen molar-refractivity contribution in [3.8, 4) is 0 Å². The molecule has 0 aromatic heterocycles. The maximum Gasteiger partial charge on any atom is 0.205 e. The third-order valence-corrected chi connectivity index (χ3v) is 1.99. The molecule has 0 amide bonds. The third-order valence-electron chi connectivity index (χ3n) is 1.30. The van der Waals surface area contributed by atoms with Crippen LogP contribution in [-0.4, -0.2) is 4.21 Å². The molecule has 0 heterocycles. The highest BCUT2D eigenvalue weighted by molar-refractivity contribution is 7.54. The van der Waals surface area contributed by atoms with Crippen molar-refractivity contribution in [2.45, 2.75) is 6.92 Å². The van der Waals surface area contributed by atoms with Crippen LogP contribution >= 0.6 is 11.6 Å². The first kappa shape index (κ1) is 8.43. The first-order chi connectivity index (χ1) is 5.24. The normalized spacial score (nSPS) is 9.27. The van der Waals surface area contributed by atoms with Crippen molar-refractivity contribution in [3.63, 3.8) is 0 Å². The Morgan fingerprint density at radius 1 is 1.55 bits per heavy atom. The lowest BCUT2D eigenvalue weighted by Crippen LogP contribution is -1.72. The van der Waals surface area contributed by atoms with Crippen LogP contribution < -0.4 is 0 Å². The third kappa shape index (κ3) is 2.13. The van der Waals surface area contributed by atoms with Gasteiger partial charge in [0.2, 0.25) is 11.5 Å². The van der Waals surface area contributed by atoms with Gasteiger partial charge in [0.05, 0.1) is 5.69 Å². The van der Waals surface area contributed by atoms with Gasteiger partial charge in [0.25, 0.3) is 0 Å². The summed E-state index contributed by atoms with van der Waals surface area (Å²) in [6, 6.07) is 5.26. The number of benzene rings is 1. The second kappa shape index (κ2) is 3.64. The molecule has 0 bridgehead atoms. The number of nitrogens with zero attached hydrogens (tertiary/aromatic N) is 1. The van der Waals surface area contributed by atoms with E-state index in [0.29, 0.717) is 10.7 Å². The van der Waals surface area contributed by atoms with Crippen LogP contribution in [0, 0.1) is 6.92 Å². The average molecular weight is 188 g/mol. The lowest BCUT2D eigenvalue weighted by atomic mass is 10.2. The van der Waals surface area contributed by atoms with Crippen LogP contribution in [0.4, 0.5) is 5.69 Å². The molecule has 0 unspecified atom stereocenters. The molecule has 0 saturated heterocycles. The van der Waals surface area contributed by atoms with Gasteiger partial charge in [0.15, 0.2) is 0 Å². The van der Waals surface area contributed by atoms with E-state index >= 15 is 0 Å². The molecule has 0 aliphatic heterocycles. The average Bonchev–Trinajstić information content (AvgIpc) is 1.98. The molecule has 58 valence electrons. The Hall–Kier alpha value is -0.670. The summed E-state index contributed by atoms with van der Waals surface area (Å²) in [4.78, 5) is 0. The van der Waals surface area contributed by atoms with Crippen molar-refractivity contribution in [3.05, 3.63) is 28.8 Å². The van der Waals surface area contributed by atoms with Gasteiger partial charge in [0.1, 0.15) is 0 Å². The minimum absolute atomic E-state index is 0.186. The molecule has 0 saturated carbocycles. The molecule has 0 radical (unpaired) electrons. The molecule has 4 heteroatoms. The molecule has 0 aliphatic carbocycles. The molecule has 1 rings (SSSR count). The van der Waals surface area contributed by atoms with E-state index in [9.17, 15) is 4.21 Å². The molecule has 0 spiro atoms. The molecular weight excluding hydrogens is 182 g/mol. The predicted octanol–water partition coefficient (Wildman–Crippen LogP) is 2.68. The molecule has 1 aromatic carbocycles. The summed E-state index contributed by atoms with van der Waals surface area (Å²) in [6.07, 6.45) is 0. The molecule has 0 aliphatic rings. The highest BCUT2D eigenvalue weighted by atomic mass is 35.5. The zero-order valence-electron chi connectivity index (χ0n) is 5.87. The van der Waals surface area contributed by atoms with E-state index in [0.717, 1.165) is 5.56 Å². The number of halogens is 1. The first-order valence-corrected chi connectivity index (χ1v) is 4.08. The Morgan fingerprint density at radius 3 is 2.82 bits per heavy atom. The zero-order chi connectivity index (χ0) is 8.27. The van der Waals surface area contributed by atoms with E-state index in [4.69, 9.17) is 11.6 Å². The van der Waals surface area contributed by atoms with E-state index in [2.05, 4.69) is 4.36 Å². The molecular formula is C7H6ClNOS. The second-order valence-corrected chi connectivity index (χ2v) is 2.84. The number of hydrogen-bond donors (Lipinski definition) is 0. The van der Waals surface area contributed by atoms with E-state index < -0.39 is 0 Å². The lowest BCUT2D eigenvalue weighted by Gasteiger charge is -1.95. The van der Waals surface area contributed by atoms with Gasteiger partial charge in [-0.25, -0.2) is 0 Å². The van der Waals surface area contributed by atoms with Gasteiger partial charge in [-0.05, 0) is 24.6 Å². The fourth-order valence-electron chi connectivity index (χ4n) is 0.682. The molecule has 0 N–H and O–H groups in total. The summed E-state index contributed by atoms with van der Waals surface area (Å²) >= 11 is 5.96. The van der Waals surface area contributed by atoms with E-state index in [1.807, 2.05) is 13.0 Å². The Bertz CT molecular complexity index is 320. The van der Waals surface area contributed by atoms with Crippen LogP contribution in [0.15, 0.2) is 22.6 Å². The van der Waals surface area contributed by atoms with E-state index in [-0.39, 0.29) is 11.5 Å². The van der Waals surface area contributed by atoms with Gasteiger partial charge in [-0.1, -0.05) is 17.7 Å². The first-order valence-electron chi connectivity index (χ1n) is 3.00. The Balaban J connectivity index is 3.14. The van der Waals surface area contributed by atoms with Crippen molar-refractivity contribution >= 4 is 28.8 Å². The van der Waals surface area contributed by atoms with Crippen LogP contribution in [-0.2, 0) is 11.5 Å².